The van der Waals surface area contributed by atoms with Crippen LogP contribution in [0.1, 0.15) is 63.0 Å². The Morgan fingerprint density at radius 3 is 2.17 bits per heavy atom. The van der Waals surface area contributed by atoms with Gasteiger partial charge in [-0.2, -0.15) is 0 Å². The Morgan fingerprint density at radius 2 is 1.57 bits per heavy atom. The van der Waals surface area contributed by atoms with E-state index in [0.717, 1.165) is 35.1 Å². The third-order valence-electron chi connectivity index (χ3n) is 7.07. The number of benzene rings is 2. The lowest BCUT2D eigenvalue weighted by Crippen LogP contribution is -2.53. The summed E-state index contributed by atoms with van der Waals surface area (Å²) < 4.78 is 5.63. The van der Waals surface area contributed by atoms with Gasteiger partial charge in [0, 0.05) is 12.0 Å². The second kappa shape index (κ2) is 10.9. The van der Waals surface area contributed by atoms with Crippen LogP contribution < -0.4 is 10.6 Å². The van der Waals surface area contributed by atoms with Gasteiger partial charge in [-0.1, -0.05) is 75.2 Å². The molecular weight excluding hydrogens is 444 g/mol. The van der Waals surface area contributed by atoms with E-state index in [4.69, 9.17) is 4.74 Å². The van der Waals surface area contributed by atoms with Crippen LogP contribution in [0.5, 0.6) is 0 Å². The predicted octanol–water partition coefficient (Wildman–Crippen LogP) is 4.70. The van der Waals surface area contributed by atoms with Crippen molar-refractivity contribution in [2.75, 3.05) is 6.61 Å². The first-order valence-electron chi connectivity index (χ1n) is 12.5. The van der Waals surface area contributed by atoms with E-state index in [-0.39, 0.29) is 24.3 Å². The van der Waals surface area contributed by atoms with E-state index >= 15 is 0 Å². The molecule has 0 bridgehead atoms. The molecule has 0 radical (unpaired) electrons. The summed E-state index contributed by atoms with van der Waals surface area (Å²) in [6.45, 7) is 4.11. The first-order valence-corrected chi connectivity index (χ1v) is 12.5. The Bertz CT molecular complexity index is 1040. The number of amides is 2. The van der Waals surface area contributed by atoms with Gasteiger partial charge in [-0.25, -0.2) is 4.79 Å². The zero-order valence-electron chi connectivity index (χ0n) is 20.3. The van der Waals surface area contributed by atoms with Gasteiger partial charge in [0.2, 0.25) is 5.91 Å². The summed E-state index contributed by atoms with van der Waals surface area (Å²) in [5.41, 5.74) is 4.54. The monoisotopic (exact) mass is 478 g/mol. The minimum absolute atomic E-state index is 0.0657. The molecule has 1 saturated carbocycles. The molecule has 3 N–H and O–H groups in total. The number of aliphatic carboxylic acids is 1. The summed E-state index contributed by atoms with van der Waals surface area (Å²) in [7, 11) is 0. The number of hydrogen-bond acceptors (Lipinski definition) is 4. The van der Waals surface area contributed by atoms with Gasteiger partial charge in [0.05, 0.1) is 5.92 Å². The van der Waals surface area contributed by atoms with Crippen LogP contribution in [0.2, 0.25) is 0 Å². The number of rotatable bonds is 8. The van der Waals surface area contributed by atoms with Crippen molar-refractivity contribution in [2.24, 2.45) is 11.8 Å². The highest BCUT2D eigenvalue weighted by molar-refractivity contribution is 5.86. The first-order chi connectivity index (χ1) is 16.8. The maximum atomic E-state index is 13.1. The van der Waals surface area contributed by atoms with Crippen molar-refractivity contribution >= 4 is 18.0 Å². The number of hydrogen-bond donors (Lipinski definition) is 3. The lowest BCUT2D eigenvalue weighted by atomic mass is 9.84. The molecule has 2 aromatic rings. The summed E-state index contributed by atoms with van der Waals surface area (Å²) in [4.78, 5) is 37.5. The number of carboxylic acid groups (broad SMARTS) is 1. The van der Waals surface area contributed by atoms with Crippen molar-refractivity contribution in [1.29, 1.82) is 0 Å². The van der Waals surface area contributed by atoms with Crippen LogP contribution in [-0.2, 0) is 14.3 Å². The van der Waals surface area contributed by atoms with E-state index in [0.29, 0.717) is 19.3 Å². The van der Waals surface area contributed by atoms with Crippen molar-refractivity contribution in [3.8, 4) is 11.1 Å². The highest BCUT2D eigenvalue weighted by atomic mass is 16.5. The summed E-state index contributed by atoms with van der Waals surface area (Å²) in [6.07, 6.45) is 2.68. The molecule has 2 aliphatic carbocycles. The molecule has 186 valence electrons. The lowest BCUT2D eigenvalue weighted by Gasteiger charge is -2.31. The second-order valence-electron chi connectivity index (χ2n) is 10.00. The molecule has 2 aliphatic rings. The maximum absolute atomic E-state index is 13.1. The van der Waals surface area contributed by atoms with Crippen LogP contribution >= 0.6 is 0 Å². The SMILES string of the molecule is CC(C)C[C@H](NC(=O)OCC1c2ccccc2-c2ccccc21)C(=O)NC1CCCCC1C(=O)O. The molecule has 35 heavy (non-hydrogen) atoms. The molecule has 0 aliphatic heterocycles. The minimum Gasteiger partial charge on any atom is -0.481 e. The van der Waals surface area contributed by atoms with E-state index in [1.165, 1.54) is 0 Å². The smallest absolute Gasteiger partial charge is 0.407 e. The zero-order valence-corrected chi connectivity index (χ0v) is 20.3. The summed E-state index contributed by atoms with van der Waals surface area (Å²) in [5.74, 6) is -1.75. The molecule has 7 nitrogen and oxygen atoms in total. The molecule has 0 saturated heterocycles. The number of ether oxygens (including phenoxy) is 1. The zero-order chi connectivity index (χ0) is 24.9. The average Bonchev–Trinajstić information content (AvgIpc) is 3.16. The van der Waals surface area contributed by atoms with E-state index < -0.39 is 30.1 Å². The summed E-state index contributed by atoms with van der Waals surface area (Å²) in [5, 5.41) is 15.2. The molecule has 2 amide bonds. The number of alkyl carbamates (subject to hydrolysis) is 1. The van der Waals surface area contributed by atoms with E-state index in [1.54, 1.807) is 0 Å². The fraction of sp³-hybridized carbons (Fsp3) is 0.464. The molecule has 0 spiro atoms. The lowest BCUT2D eigenvalue weighted by molar-refractivity contribution is -0.144. The molecule has 0 aromatic heterocycles. The van der Waals surface area contributed by atoms with E-state index in [2.05, 4.69) is 34.9 Å². The molecule has 7 heteroatoms. The second-order valence-corrected chi connectivity index (χ2v) is 10.00. The normalized spacial score (nSPS) is 20.0. The van der Waals surface area contributed by atoms with Crippen LogP contribution in [0, 0.1) is 11.8 Å². The highest BCUT2D eigenvalue weighted by Crippen LogP contribution is 2.44. The number of carboxylic acids is 1. The Balaban J connectivity index is 1.40. The van der Waals surface area contributed by atoms with Crippen LogP contribution in [0.3, 0.4) is 0 Å². The predicted molar refractivity (Wildman–Crippen MR) is 133 cm³/mol. The molecule has 0 heterocycles. The Kier molecular flexibility index (Phi) is 7.73. The maximum Gasteiger partial charge on any atom is 0.407 e. The van der Waals surface area contributed by atoms with Gasteiger partial charge >= 0.3 is 12.1 Å². The van der Waals surface area contributed by atoms with Crippen molar-refractivity contribution in [1.82, 2.24) is 10.6 Å². The molecule has 2 aromatic carbocycles. The highest BCUT2D eigenvalue weighted by Gasteiger charge is 2.34. The van der Waals surface area contributed by atoms with Gasteiger partial charge in [0.25, 0.3) is 0 Å². The Morgan fingerprint density at radius 1 is 0.971 bits per heavy atom. The Hall–Kier alpha value is -3.35. The van der Waals surface area contributed by atoms with Gasteiger partial charge < -0.3 is 20.5 Å². The largest absolute Gasteiger partial charge is 0.481 e. The molecule has 2 unspecified atom stereocenters. The molecular formula is C28H34N2O5. The van der Waals surface area contributed by atoms with Crippen molar-refractivity contribution < 1.29 is 24.2 Å². The van der Waals surface area contributed by atoms with Crippen molar-refractivity contribution in [3.05, 3.63) is 59.7 Å². The van der Waals surface area contributed by atoms with Gasteiger partial charge in [-0.05, 0) is 47.4 Å². The third kappa shape index (κ3) is 5.66. The minimum atomic E-state index is -0.889. The van der Waals surface area contributed by atoms with Crippen molar-refractivity contribution in [3.63, 3.8) is 0 Å². The van der Waals surface area contributed by atoms with E-state index in [1.807, 2.05) is 38.1 Å². The van der Waals surface area contributed by atoms with Crippen molar-refractivity contribution in [2.45, 2.75) is 64.0 Å². The number of carbonyl (C=O) groups is 3. The average molecular weight is 479 g/mol. The number of carbonyl (C=O) groups excluding carboxylic acids is 2. The summed E-state index contributed by atoms with van der Waals surface area (Å²) >= 11 is 0. The third-order valence-corrected chi connectivity index (χ3v) is 7.07. The standard InChI is InChI=1S/C28H34N2O5/c1-17(2)15-25(26(31)29-24-14-8-7-13-22(24)27(32)33)30-28(34)35-16-23-20-11-5-3-9-18(20)19-10-4-6-12-21(19)23/h3-6,9-12,17,22-25H,7-8,13-16H2,1-2H3,(H,29,31)(H,30,34)(H,32,33)/t22?,24?,25-/m0/s1. The van der Waals surface area contributed by atoms with Gasteiger partial charge in [0.15, 0.2) is 0 Å². The molecule has 3 atom stereocenters. The molecule has 4 rings (SSSR count). The molecule has 1 fully saturated rings. The van der Waals surface area contributed by atoms with Gasteiger partial charge in [0.1, 0.15) is 12.6 Å². The summed E-state index contributed by atoms with van der Waals surface area (Å²) in [6, 6.07) is 15.0. The number of nitrogens with one attached hydrogen (secondary N) is 2. The first kappa shape index (κ1) is 24.8. The Labute approximate surface area is 206 Å². The van der Waals surface area contributed by atoms with Gasteiger partial charge in [-0.3, -0.25) is 9.59 Å². The fourth-order valence-corrected chi connectivity index (χ4v) is 5.37. The van der Waals surface area contributed by atoms with Crippen LogP contribution in [-0.4, -0.2) is 41.8 Å². The topological polar surface area (TPSA) is 105 Å². The quantitative estimate of drug-likeness (QED) is 0.510. The van der Waals surface area contributed by atoms with Crippen LogP contribution in [0.15, 0.2) is 48.5 Å². The van der Waals surface area contributed by atoms with Gasteiger partial charge in [-0.15, -0.1) is 0 Å². The van der Waals surface area contributed by atoms with E-state index in [9.17, 15) is 19.5 Å². The van der Waals surface area contributed by atoms with Crippen LogP contribution in [0.25, 0.3) is 11.1 Å². The fourth-order valence-electron chi connectivity index (χ4n) is 5.37. The van der Waals surface area contributed by atoms with Crippen LogP contribution in [0.4, 0.5) is 4.79 Å². The number of fused-ring (bicyclic) bond motifs is 3.